The summed E-state index contributed by atoms with van der Waals surface area (Å²) in [6.45, 7) is 0. The van der Waals surface area contributed by atoms with Gasteiger partial charge in [-0.1, -0.05) is 30.3 Å². The number of para-hydroxylation sites is 2. The van der Waals surface area contributed by atoms with Gasteiger partial charge in [0.1, 0.15) is 28.9 Å². The number of nitriles is 1. The number of hydrogen-bond acceptors (Lipinski definition) is 7. The van der Waals surface area contributed by atoms with Gasteiger partial charge in [0.2, 0.25) is 0 Å². The van der Waals surface area contributed by atoms with Gasteiger partial charge in [-0.05, 0) is 48.5 Å². The van der Waals surface area contributed by atoms with Crippen molar-refractivity contribution >= 4 is 22.9 Å². The number of nitrogens with one attached hydrogen (secondary N) is 1. The van der Waals surface area contributed by atoms with Crippen LogP contribution in [0.3, 0.4) is 0 Å². The molecule has 0 atom stereocenters. The smallest absolute Gasteiger partial charge is 0.199 e. The van der Waals surface area contributed by atoms with Crippen LogP contribution in [0.5, 0.6) is 17.2 Å². The molecule has 5 aromatic rings. The Morgan fingerprint density at radius 3 is 2.43 bits per heavy atom. The van der Waals surface area contributed by atoms with Crippen molar-refractivity contribution in [2.24, 2.45) is 0 Å². The first-order valence-corrected chi connectivity index (χ1v) is 10.7. The van der Waals surface area contributed by atoms with Crippen LogP contribution in [0.15, 0.2) is 91.3 Å². The average molecular weight is 461 g/mol. The number of ketones is 1. The van der Waals surface area contributed by atoms with E-state index >= 15 is 0 Å². The van der Waals surface area contributed by atoms with E-state index in [1.54, 1.807) is 30.5 Å². The molecule has 0 aliphatic heterocycles. The molecular formula is C27H19N5O3. The minimum atomic E-state index is -0.255. The monoisotopic (exact) mass is 461 g/mol. The highest BCUT2D eigenvalue weighted by Gasteiger charge is 2.19. The topological polar surface area (TPSA) is 102 Å². The Morgan fingerprint density at radius 2 is 1.69 bits per heavy atom. The van der Waals surface area contributed by atoms with Crippen molar-refractivity contribution in [1.29, 1.82) is 5.26 Å². The zero-order valence-electron chi connectivity index (χ0n) is 18.7. The van der Waals surface area contributed by atoms with E-state index < -0.39 is 0 Å². The summed E-state index contributed by atoms with van der Waals surface area (Å²) < 4.78 is 12.5. The van der Waals surface area contributed by atoms with E-state index in [4.69, 9.17) is 9.47 Å². The number of benzene rings is 3. The average Bonchev–Trinajstić information content (AvgIpc) is 3.26. The predicted molar refractivity (Wildman–Crippen MR) is 130 cm³/mol. The Bertz CT molecular complexity index is 1550. The summed E-state index contributed by atoms with van der Waals surface area (Å²) >= 11 is 0. The number of hydrogen-bond donors (Lipinski definition) is 1. The van der Waals surface area contributed by atoms with Crippen molar-refractivity contribution < 1.29 is 14.3 Å². The van der Waals surface area contributed by atoms with Crippen LogP contribution < -0.4 is 14.8 Å². The minimum absolute atomic E-state index is 0.255. The van der Waals surface area contributed by atoms with E-state index in [1.807, 2.05) is 54.6 Å². The van der Waals surface area contributed by atoms with Gasteiger partial charge in [0.15, 0.2) is 17.2 Å². The fourth-order valence-corrected chi connectivity index (χ4v) is 3.60. The van der Waals surface area contributed by atoms with Crippen molar-refractivity contribution in [3.8, 4) is 23.3 Å². The summed E-state index contributed by atoms with van der Waals surface area (Å²) in [6, 6.07) is 25.9. The van der Waals surface area contributed by atoms with E-state index in [0.29, 0.717) is 34.1 Å². The molecular weight excluding hydrogens is 442 g/mol. The van der Waals surface area contributed by atoms with Crippen molar-refractivity contribution in [1.82, 2.24) is 14.6 Å². The Balaban J connectivity index is 1.41. The van der Waals surface area contributed by atoms with Crippen molar-refractivity contribution in [2.45, 2.75) is 0 Å². The second-order valence-electron chi connectivity index (χ2n) is 7.54. The summed E-state index contributed by atoms with van der Waals surface area (Å²) in [5.74, 6) is 1.97. The maximum atomic E-state index is 13.0. The zero-order valence-corrected chi connectivity index (χ0v) is 18.7. The van der Waals surface area contributed by atoms with Gasteiger partial charge in [0, 0.05) is 18.1 Å². The Kier molecular flexibility index (Phi) is 5.80. The van der Waals surface area contributed by atoms with E-state index in [0.717, 1.165) is 11.4 Å². The second kappa shape index (κ2) is 9.37. The number of rotatable bonds is 7. The molecule has 1 N–H and O–H groups in total. The van der Waals surface area contributed by atoms with Gasteiger partial charge in [0.25, 0.3) is 0 Å². The third kappa shape index (κ3) is 4.38. The molecule has 0 fully saturated rings. The van der Waals surface area contributed by atoms with Gasteiger partial charge in [-0.3, -0.25) is 4.79 Å². The maximum Gasteiger partial charge on any atom is 0.199 e. The number of ether oxygens (including phenoxy) is 2. The third-order valence-corrected chi connectivity index (χ3v) is 5.29. The lowest BCUT2D eigenvalue weighted by Crippen LogP contribution is -2.06. The third-order valence-electron chi connectivity index (χ3n) is 5.29. The Morgan fingerprint density at radius 1 is 0.971 bits per heavy atom. The van der Waals surface area contributed by atoms with Crippen LogP contribution in [-0.4, -0.2) is 27.5 Å². The molecule has 0 saturated carbocycles. The predicted octanol–water partition coefficient (Wildman–Crippen LogP) is 5.38. The largest absolute Gasteiger partial charge is 0.496 e. The van der Waals surface area contributed by atoms with E-state index in [1.165, 1.54) is 17.8 Å². The lowest BCUT2D eigenvalue weighted by molar-refractivity contribution is 0.103. The summed E-state index contributed by atoms with van der Waals surface area (Å²) in [5.41, 5.74) is 2.07. The zero-order chi connectivity index (χ0) is 24.2. The lowest BCUT2D eigenvalue weighted by atomic mass is 10.1. The number of nitrogens with zero attached hydrogens (tertiary/aromatic N) is 4. The second-order valence-corrected chi connectivity index (χ2v) is 7.54. The van der Waals surface area contributed by atoms with Crippen LogP contribution in [0.4, 0.5) is 11.5 Å². The number of methoxy groups -OCH3 is 1. The SMILES string of the molecule is COc1ccccc1C(=O)c1cnc2c(C#N)c(Nc3ccc(Oc4ccccc4)cc3)nn2c1. The van der Waals surface area contributed by atoms with Gasteiger partial charge in [0.05, 0.1) is 18.2 Å². The first-order chi connectivity index (χ1) is 17.2. The molecule has 170 valence electrons. The quantitative estimate of drug-likeness (QED) is 0.325. The number of anilines is 2. The fraction of sp³-hybridized carbons (Fsp3) is 0.0370. The molecule has 8 nitrogen and oxygen atoms in total. The highest BCUT2D eigenvalue weighted by Crippen LogP contribution is 2.27. The van der Waals surface area contributed by atoms with E-state index in [2.05, 4.69) is 21.5 Å². The van der Waals surface area contributed by atoms with Gasteiger partial charge in [-0.2, -0.15) is 5.26 Å². The molecule has 2 heterocycles. The van der Waals surface area contributed by atoms with Crippen molar-refractivity contribution in [3.05, 3.63) is 108 Å². The van der Waals surface area contributed by atoms with Crippen LogP contribution in [0.1, 0.15) is 21.5 Å². The number of carbonyl (C=O) groups excluding carboxylic acids is 1. The molecule has 0 bridgehead atoms. The van der Waals surface area contributed by atoms with Crippen LogP contribution in [0.2, 0.25) is 0 Å². The Labute approximate surface area is 201 Å². The van der Waals surface area contributed by atoms with Crippen LogP contribution in [0, 0.1) is 11.3 Å². The summed E-state index contributed by atoms with van der Waals surface area (Å²) in [5, 5.41) is 17.3. The van der Waals surface area contributed by atoms with Gasteiger partial charge >= 0.3 is 0 Å². The number of aromatic nitrogens is 3. The van der Waals surface area contributed by atoms with Crippen molar-refractivity contribution in [3.63, 3.8) is 0 Å². The normalized spacial score (nSPS) is 10.5. The van der Waals surface area contributed by atoms with Gasteiger partial charge in [-0.15, -0.1) is 5.10 Å². The Hall–Kier alpha value is -5.16. The minimum Gasteiger partial charge on any atom is -0.496 e. The molecule has 2 aromatic heterocycles. The lowest BCUT2D eigenvalue weighted by Gasteiger charge is -2.07. The molecule has 0 aliphatic rings. The summed E-state index contributed by atoms with van der Waals surface area (Å²) in [6.07, 6.45) is 2.99. The van der Waals surface area contributed by atoms with Crippen LogP contribution >= 0.6 is 0 Å². The first-order valence-electron chi connectivity index (χ1n) is 10.7. The summed E-state index contributed by atoms with van der Waals surface area (Å²) in [7, 11) is 1.51. The molecule has 0 radical (unpaired) electrons. The molecule has 5 rings (SSSR count). The highest BCUT2D eigenvalue weighted by atomic mass is 16.5. The molecule has 0 saturated heterocycles. The van der Waals surface area contributed by atoms with Crippen molar-refractivity contribution in [2.75, 3.05) is 12.4 Å². The molecule has 0 spiro atoms. The van der Waals surface area contributed by atoms with Gasteiger partial charge < -0.3 is 14.8 Å². The number of fused-ring (bicyclic) bond motifs is 1. The molecule has 35 heavy (non-hydrogen) atoms. The van der Waals surface area contributed by atoms with Gasteiger partial charge in [-0.25, -0.2) is 9.50 Å². The molecule has 0 amide bonds. The summed E-state index contributed by atoms with van der Waals surface area (Å²) in [4.78, 5) is 17.4. The molecule has 3 aromatic carbocycles. The highest BCUT2D eigenvalue weighted by molar-refractivity contribution is 6.10. The molecule has 0 aliphatic carbocycles. The number of carbonyl (C=O) groups is 1. The molecule has 0 unspecified atom stereocenters. The first kappa shape index (κ1) is 21.7. The van der Waals surface area contributed by atoms with Crippen LogP contribution in [0.25, 0.3) is 5.65 Å². The standard InChI is InChI=1S/C27H19N5O3/c1-34-24-10-6-5-9-22(24)25(33)18-16-29-27-23(15-28)26(31-32(27)17-18)30-19-11-13-21(14-12-19)35-20-7-3-2-4-8-20/h2-14,16-17H,1H3,(H,30,31). The van der Waals surface area contributed by atoms with Crippen LogP contribution in [-0.2, 0) is 0 Å². The molecule has 8 heteroatoms. The van der Waals surface area contributed by atoms with E-state index in [9.17, 15) is 10.1 Å². The maximum absolute atomic E-state index is 13.0. The fourth-order valence-electron chi connectivity index (χ4n) is 3.60. The van der Waals surface area contributed by atoms with E-state index in [-0.39, 0.29) is 11.3 Å².